The zero-order valence-corrected chi connectivity index (χ0v) is 11.4. The second-order valence-corrected chi connectivity index (χ2v) is 7.67. The van der Waals surface area contributed by atoms with Gasteiger partial charge in [-0.1, -0.05) is 20.8 Å². The number of carbonyl (C=O) groups excluding carboxylic acids is 1. The first-order chi connectivity index (χ1) is 7.72. The molecule has 3 fully saturated rings. The maximum atomic E-state index is 12.3. The van der Waals surface area contributed by atoms with Gasteiger partial charge in [0.2, 0.25) is 0 Å². The van der Waals surface area contributed by atoms with E-state index in [0.717, 1.165) is 25.7 Å². The molecule has 2 heteroatoms. The SMILES string of the molecule is CC1CC(=O)C2C(C)(C)C3CC12CCC3(C)O. The number of fused-ring (bicyclic) bond motifs is 1. The Hall–Kier alpha value is -0.370. The molecule has 2 bridgehead atoms. The Bertz CT molecular complexity index is 382. The first-order valence-corrected chi connectivity index (χ1v) is 6.97. The number of rotatable bonds is 0. The second-order valence-electron chi connectivity index (χ2n) is 7.67. The topological polar surface area (TPSA) is 37.3 Å². The van der Waals surface area contributed by atoms with Crippen molar-refractivity contribution < 1.29 is 9.90 Å². The summed E-state index contributed by atoms with van der Waals surface area (Å²) in [6, 6.07) is 0. The van der Waals surface area contributed by atoms with E-state index in [1.54, 1.807) is 0 Å². The quantitative estimate of drug-likeness (QED) is 0.702. The van der Waals surface area contributed by atoms with Gasteiger partial charge in [-0.05, 0) is 48.9 Å². The number of hydrogen-bond acceptors (Lipinski definition) is 2. The molecule has 0 aromatic carbocycles. The lowest BCUT2D eigenvalue weighted by atomic mass is 9.64. The van der Waals surface area contributed by atoms with Crippen molar-refractivity contribution >= 4 is 5.78 Å². The fraction of sp³-hybridized carbons (Fsp3) is 0.933. The van der Waals surface area contributed by atoms with Gasteiger partial charge in [0.25, 0.3) is 0 Å². The van der Waals surface area contributed by atoms with E-state index in [9.17, 15) is 9.90 Å². The Balaban J connectivity index is 2.13. The summed E-state index contributed by atoms with van der Waals surface area (Å²) >= 11 is 0. The summed E-state index contributed by atoms with van der Waals surface area (Å²) in [6.07, 6.45) is 3.74. The predicted octanol–water partition coefficient (Wildman–Crippen LogP) is 2.79. The summed E-state index contributed by atoms with van der Waals surface area (Å²) in [5, 5.41) is 10.6. The Morgan fingerprint density at radius 2 is 1.88 bits per heavy atom. The molecule has 0 aromatic rings. The molecule has 0 aliphatic heterocycles. The monoisotopic (exact) mass is 236 g/mol. The molecular formula is C15H24O2. The predicted molar refractivity (Wildman–Crippen MR) is 66.5 cm³/mol. The molecule has 0 amide bonds. The van der Waals surface area contributed by atoms with Gasteiger partial charge in [-0.3, -0.25) is 4.79 Å². The van der Waals surface area contributed by atoms with Gasteiger partial charge in [0.1, 0.15) is 5.78 Å². The van der Waals surface area contributed by atoms with Crippen molar-refractivity contribution in [2.24, 2.45) is 28.6 Å². The van der Waals surface area contributed by atoms with Crippen molar-refractivity contribution in [1.29, 1.82) is 0 Å². The Kier molecular flexibility index (Phi) is 2.04. The zero-order valence-electron chi connectivity index (χ0n) is 11.4. The summed E-state index contributed by atoms with van der Waals surface area (Å²) in [5.74, 6) is 1.47. The normalized spacial score (nSPS) is 56.1. The minimum atomic E-state index is -0.570. The van der Waals surface area contributed by atoms with E-state index in [-0.39, 0.29) is 16.7 Å². The number of hydrogen-bond donors (Lipinski definition) is 1. The van der Waals surface area contributed by atoms with Crippen molar-refractivity contribution in [2.75, 3.05) is 0 Å². The fourth-order valence-corrected chi connectivity index (χ4v) is 5.72. The molecule has 2 nitrogen and oxygen atoms in total. The van der Waals surface area contributed by atoms with Crippen LogP contribution in [-0.4, -0.2) is 16.5 Å². The van der Waals surface area contributed by atoms with Gasteiger partial charge in [0.15, 0.2) is 0 Å². The maximum Gasteiger partial charge on any atom is 0.137 e. The average Bonchev–Trinajstić information content (AvgIpc) is 2.55. The minimum Gasteiger partial charge on any atom is -0.390 e. The van der Waals surface area contributed by atoms with Crippen LogP contribution in [0.3, 0.4) is 0 Å². The molecule has 0 heterocycles. The van der Waals surface area contributed by atoms with Gasteiger partial charge in [-0.2, -0.15) is 0 Å². The standard InChI is InChI=1S/C15H24O2/c1-9-7-10(16)12-13(2,3)11-8-15(9,12)6-5-14(11,4)17/h9,11-12,17H,5-8H2,1-4H3. The molecule has 3 rings (SSSR count). The van der Waals surface area contributed by atoms with Gasteiger partial charge in [-0.25, -0.2) is 0 Å². The molecule has 0 aromatic heterocycles. The molecular weight excluding hydrogens is 212 g/mol. The van der Waals surface area contributed by atoms with E-state index in [4.69, 9.17) is 0 Å². The molecule has 0 radical (unpaired) electrons. The van der Waals surface area contributed by atoms with Crippen molar-refractivity contribution in [3.63, 3.8) is 0 Å². The minimum absolute atomic E-state index is 0.0259. The molecule has 3 saturated carbocycles. The molecule has 96 valence electrons. The number of ketones is 1. The smallest absolute Gasteiger partial charge is 0.137 e. The van der Waals surface area contributed by atoms with Crippen LogP contribution in [-0.2, 0) is 4.79 Å². The fourth-order valence-electron chi connectivity index (χ4n) is 5.72. The summed E-state index contributed by atoms with van der Waals surface area (Å²) < 4.78 is 0. The molecule has 0 saturated heterocycles. The summed E-state index contributed by atoms with van der Waals surface area (Å²) in [6.45, 7) is 8.64. The van der Waals surface area contributed by atoms with Gasteiger partial charge < -0.3 is 5.11 Å². The van der Waals surface area contributed by atoms with Crippen LogP contribution in [0.15, 0.2) is 0 Å². The lowest BCUT2D eigenvalue weighted by Gasteiger charge is -2.44. The third-order valence-corrected chi connectivity index (χ3v) is 6.46. The van der Waals surface area contributed by atoms with Gasteiger partial charge >= 0.3 is 0 Å². The molecule has 17 heavy (non-hydrogen) atoms. The number of Topliss-reactive ketones (excluding diaryl/α,β-unsaturated/α-hetero) is 1. The first kappa shape index (κ1) is 11.7. The molecule has 3 aliphatic carbocycles. The van der Waals surface area contributed by atoms with E-state index in [1.807, 2.05) is 6.92 Å². The van der Waals surface area contributed by atoms with Crippen LogP contribution >= 0.6 is 0 Å². The Labute approximate surface area is 104 Å². The van der Waals surface area contributed by atoms with Gasteiger partial charge in [0, 0.05) is 12.3 Å². The third-order valence-electron chi connectivity index (χ3n) is 6.46. The molecule has 1 spiro atoms. The highest BCUT2D eigenvalue weighted by atomic mass is 16.3. The van der Waals surface area contributed by atoms with Gasteiger partial charge in [-0.15, -0.1) is 0 Å². The van der Waals surface area contributed by atoms with E-state index in [2.05, 4.69) is 20.8 Å². The van der Waals surface area contributed by atoms with Crippen molar-refractivity contribution in [2.45, 2.75) is 59.0 Å². The summed E-state index contributed by atoms with van der Waals surface area (Å²) in [5.41, 5.74) is -0.381. The van der Waals surface area contributed by atoms with Crippen molar-refractivity contribution in [3.8, 4) is 0 Å². The highest BCUT2D eigenvalue weighted by molar-refractivity contribution is 5.86. The lowest BCUT2D eigenvalue weighted by Crippen LogP contribution is -2.44. The van der Waals surface area contributed by atoms with Crippen molar-refractivity contribution in [3.05, 3.63) is 0 Å². The van der Waals surface area contributed by atoms with Crippen LogP contribution in [0.4, 0.5) is 0 Å². The van der Waals surface area contributed by atoms with Gasteiger partial charge in [0.05, 0.1) is 5.60 Å². The highest BCUT2D eigenvalue weighted by Gasteiger charge is 2.70. The largest absolute Gasteiger partial charge is 0.390 e. The van der Waals surface area contributed by atoms with Crippen LogP contribution in [0.1, 0.15) is 53.4 Å². The van der Waals surface area contributed by atoms with Crippen molar-refractivity contribution in [1.82, 2.24) is 0 Å². The number of carbonyl (C=O) groups is 1. The maximum absolute atomic E-state index is 12.3. The highest BCUT2D eigenvalue weighted by Crippen LogP contribution is 2.72. The lowest BCUT2D eigenvalue weighted by molar-refractivity contribution is -0.125. The number of aliphatic hydroxyl groups is 1. The van der Waals surface area contributed by atoms with E-state index in [1.165, 1.54) is 0 Å². The first-order valence-electron chi connectivity index (χ1n) is 6.97. The molecule has 1 N–H and O–H groups in total. The van der Waals surface area contributed by atoms with E-state index in [0.29, 0.717) is 17.6 Å². The summed E-state index contributed by atoms with van der Waals surface area (Å²) in [4.78, 5) is 12.3. The Morgan fingerprint density at radius 3 is 2.53 bits per heavy atom. The Morgan fingerprint density at radius 1 is 1.24 bits per heavy atom. The molecule has 5 unspecified atom stereocenters. The molecule has 3 aliphatic rings. The van der Waals surface area contributed by atoms with Crippen LogP contribution in [0.25, 0.3) is 0 Å². The second kappa shape index (κ2) is 2.96. The summed E-state index contributed by atoms with van der Waals surface area (Å²) in [7, 11) is 0. The third kappa shape index (κ3) is 1.18. The average molecular weight is 236 g/mol. The van der Waals surface area contributed by atoms with E-state index < -0.39 is 5.60 Å². The van der Waals surface area contributed by atoms with Crippen LogP contribution in [0, 0.1) is 28.6 Å². The molecule has 5 atom stereocenters. The zero-order chi connectivity index (χ0) is 12.6. The van der Waals surface area contributed by atoms with E-state index >= 15 is 0 Å². The van der Waals surface area contributed by atoms with Crippen LogP contribution in [0.5, 0.6) is 0 Å². The van der Waals surface area contributed by atoms with Crippen LogP contribution < -0.4 is 0 Å². The van der Waals surface area contributed by atoms with Crippen LogP contribution in [0.2, 0.25) is 0 Å².